The normalized spacial score (nSPS) is 9.18. The quantitative estimate of drug-likeness (QED) is 0.672. The summed E-state index contributed by atoms with van der Waals surface area (Å²) >= 11 is 1.28. The summed E-state index contributed by atoms with van der Waals surface area (Å²) in [6.45, 7) is 0. The molecule has 58 valence electrons. The van der Waals surface area contributed by atoms with Gasteiger partial charge in [-0.15, -0.1) is 0 Å². The minimum absolute atomic E-state index is 0.0834. The molecule has 0 unspecified atom stereocenters. The van der Waals surface area contributed by atoms with Crippen LogP contribution in [0.5, 0.6) is 0 Å². The Balaban J connectivity index is 2.69. The number of pyridine rings is 1. The van der Waals surface area contributed by atoms with Crippen molar-refractivity contribution in [1.29, 1.82) is 0 Å². The highest BCUT2D eigenvalue weighted by Crippen LogP contribution is 1.97. The molecule has 1 heterocycles. The molecule has 1 N–H and O–H groups in total. The van der Waals surface area contributed by atoms with Crippen molar-refractivity contribution in [2.45, 2.75) is 0 Å². The topological polar surface area (TPSA) is 42.0 Å². The minimum Gasteiger partial charge on any atom is -0.296 e. The van der Waals surface area contributed by atoms with Crippen molar-refractivity contribution in [3.63, 3.8) is 0 Å². The maximum absolute atomic E-state index is 11.1. The number of aromatic nitrogens is 1. The van der Waals surface area contributed by atoms with Gasteiger partial charge in [0.05, 0.1) is 0 Å². The van der Waals surface area contributed by atoms with E-state index in [0.29, 0.717) is 5.56 Å². The summed E-state index contributed by atoms with van der Waals surface area (Å²) in [5.74, 6) is -0.0834. The predicted octanol–water partition coefficient (Wildman–Crippen LogP) is 1.09. The first-order valence-corrected chi connectivity index (χ1v) is 4.30. The van der Waals surface area contributed by atoms with Crippen molar-refractivity contribution < 1.29 is 4.79 Å². The maximum Gasteiger partial charge on any atom is 0.261 e. The summed E-state index contributed by atoms with van der Waals surface area (Å²) in [4.78, 5) is 14.9. The van der Waals surface area contributed by atoms with Crippen LogP contribution in [0.4, 0.5) is 0 Å². The van der Waals surface area contributed by atoms with Crippen LogP contribution in [0.25, 0.3) is 0 Å². The molecule has 0 aliphatic rings. The second-order valence-corrected chi connectivity index (χ2v) is 2.48. The fraction of sp³-hybridized carbons (Fsp3) is 0.143. The van der Waals surface area contributed by atoms with E-state index in [9.17, 15) is 4.79 Å². The fourth-order valence-electron chi connectivity index (χ4n) is 0.655. The molecule has 0 aromatic carbocycles. The number of rotatable bonds is 2. The average Bonchev–Trinajstić information content (AvgIpc) is 2.07. The van der Waals surface area contributed by atoms with Gasteiger partial charge in [-0.25, -0.2) is 0 Å². The molecule has 3 nitrogen and oxygen atoms in total. The Morgan fingerprint density at radius 3 is 2.73 bits per heavy atom. The molecule has 0 radical (unpaired) electrons. The van der Waals surface area contributed by atoms with Crippen LogP contribution in [0.15, 0.2) is 24.5 Å². The van der Waals surface area contributed by atoms with E-state index in [0.717, 1.165) is 0 Å². The van der Waals surface area contributed by atoms with Crippen molar-refractivity contribution in [3.8, 4) is 0 Å². The second-order valence-electron chi connectivity index (χ2n) is 1.87. The number of nitrogens with one attached hydrogen (secondary N) is 1. The Labute approximate surface area is 69.4 Å². The van der Waals surface area contributed by atoms with E-state index in [-0.39, 0.29) is 5.91 Å². The predicted molar refractivity (Wildman–Crippen MR) is 45.2 cm³/mol. The van der Waals surface area contributed by atoms with Gasteiger partial charge >= 0.3 is 0 Å². The summed E-state index contributed by atoms with van der Waals surface area (Å²) < 4.78 is 2.61. The molecule has 0 spiro atoms. The number of nitrogens with zero attached hydrogens (tertiary/aromatic N) is 1. The van der Waals surface area contributed by atoms with Crippen LogP contribution in [-0.4, -0.2) is 17.1 Å². The van der Waals surface area contributed by atoms with Gasteiger partial charge in [0.15, 0.2) is 0 Å². The third kappa shape index (κ3) is 2.23. The zero-order chi connectivity index (χ0) is 8.10. The Morgan fingerprint density at radius 2 is 2.18 bits per heavy atom. The SMILES string of the molecule is CSNC(=O)c1ccncc1. The molecule has 1 aromatic heterocycles. The van der Waals surface area contributed by atoms with E-state index in [1.807, 2.05) is 0 Å². The van der Waals surface area contributed by atoms with E-state index in [4.69, 9.17) is 0 Å². The van der Waals surface area contributed by atoms with Crippen LogP contribution in [0, 0.1) is 0 Å². The Morgan fingerprint density at radius 1 is 1.55 bits per heavy atom. The lowest BCUT2D eigenvalue weighted by Gasteiger charge is -1.98. The van der Waals surface area contributed by atoms with Gasteiger partial charge in [0.2, 0.25) is 0 Å². The number of carbonyl (C=O) groups excluding carboxylic acids is 1. The molecule has 11 heavy (non-hydrogen) atoms. The van der Waals surface area contributed by atoms with E-state index < -0.39 is 0 Å². The molecular formula is C7H8N2OS. The first kappa shape index (κ1) is 8.07. The molecule has 0 atom stereocenters. The Bertz CT molecular complexity index is 237. The zero-order valence-corrected chi connectivity index (χ0v) is 6.89. The van der Waals surface area contributed by atoms with Crippen LogP contribution >= 0.6 is 11.9 Å². The average molecular weight is 168 g/mol. The van der Waals surface area contributed by atoms with Crippen molar-refractivity contribution in [2.75, 3.05) is 6.26 Å². The van der Waals surface area contributed by atoms with E-state index in [1.54, 1.807) is 30.8 Å². The van der Waals surface area contributed by atoms with Gasteiger partial charge in [0, 0.05) is 24.2 Å². The van der Waals surface area contributed by atoms with Crippen LogP contribution < -0.4 is 4.72 Å². The van der Waals surface area contributed by atoms with Gasteiger partial charge in [-0.1, -0.05) is 11.9 Å². The number of hydrogen-bond acceptors (Lipinski definition) is 3. The van der Waals surface area contributed by atoms with Crippen molar-refractivity contribution in [1.82, 2.24) is 9.71 Å². The highest BCUT2D eigenvalue weighted by atomic mass is 32.2. The highest BCUT2D eigenvalue weighted by Gasteiger charge is 2.00. The lowest BCUT2D eigenvalue weighted by molar-refractivity contribution is 0.0984. The molecule has 0 fully saturated rings. The standard InChI is InChI=1S/C7H8N2OS/c1-11-9-7(10)6-2-4-8-5-3-6/h2-5H,1H3,(H,9,10). The van der Waals surface area contributed by atoms with Gasteiger partial charge in [0.1, 0.15) is 0 Å². The minimum atomic E-state index is -0.0834. The first-order valence-electron chi connectivity index (χ1n) is 3.08. The maximum atomic E-state index is 11.1. The zero-order valence-electron chi connectivity index (χ0n) is 6.07. The van der Waals surface area contributed by atoms with Crippen LogP contribution in [-0.2, 0) is 0 Å². The van der Waals surface area contributed by atoms with Gasteiger partial charge in [0.25, 0.3) is 5.91 Å². The summed E-state index contributed by atoms with van der Waals surface area (Å²) in [6.07, 6.45) is 4.99. The van der Waals surface area contributed by atoms with Gasteiger partial charge in [-0.05, 0) is 12.1 Å². The number of carbonyl (C=O) groups is 1. The number of amides is 1. The third-order valence-corrected chi connectivity index (χ3v) is 1.53. The summed E-state index contributed by atoms with van der Waals surface area (Å²) in [6, 6.07) is 3.34. The molecule has 0 bridgehead atoms. The molecule has 0 saturated carbocycles. The molecule has 0 aliphatic carbocycles. The van der Waals surface area contributed by atoms with E-state index >= 15 is 0 Å². The van der Waals surface area contributed by atoms with Gasteiger partial charge in [-0.3, -0.25) is 14.5 Å². The van der Waals surface area contributed by atoms with Crippen LogP contribution in [0.1, 0.15) is 10.4 Å². The molecule has 1 amide bonds. The van der Waals surface area contributed by atoms with Gasteiger partial charge in [-0.2, -0.15) is 0 Å². The fourth-order valence-corrected chi connectivity index (χ4v) is 0.958. The molecule has 1 aromatic rings. The monoisotopic (exact) mass is 168 g/mol. The first-order chi connectivity index (χ1) is 5.34. The van der Waals surface area contributed by atoms with Crippen LogP contribution in [0.2, 0.25) is 0 Å². The Kier molecular flexibility index (Phi) is 2.92. The molecular weight excluding hydrogens is 160 g/mol. The third-order valence-electron chi connectivity index (χ3n) is 1.14. The van der Waals surface area contributed by atoms with Crippen molar-refractivity contribution >= 4 is 17.9 Å². The Hall–Kier alpha value is -1.03. The number of hydrogen-bond donors (Lipinski definition) is 1. The van der Waals surface area contributed by atoms with E-state index in [2.05, 4.69) is 9.71 Å². The smallest absolute Gasteiger partial charge is 0.261 e. The van der Waals surface area contributed by atoms with E-state index in [1.165, 1.54) is 11.9 Å². The highest BCUT2D eigenvalue weighted by molar-refractivity contribution is 7.97. The molecule has 1 rings (SSSR count). The lowest BCUT2D eigenvalue weighted by Crippen LogP contribution is -2.14. The molecule has 0 saturated heterocycles. The van der Waals surface area contributed by atoms with Gasteiger partial charge < -0.3 is 0 Å². The molecule has 0 aliphatic heterocycles. The summed E-state index contributed by atoms with van der Waals surface area (Å²) in [5, 5.41) is 0. The summed E-state index contributed by atoms with van der Waals surface area (Å²) in [7, 11) is 0. The van der Waals surface area contributed by atoms with Crippen LogP contribution in [0.3, 0.4) is 0 Å². The largest absolute Gasteiger partial charge is 0.296 e. The lowest BCUT2D eigenvalue weighted by atomic mass is 10.3. The second kappa shape index (κ2) is 3.98. The summed E-state index contributed by atoms with van der Waals surface area (Å²) in [5.41, 5.74) is 0.634. The van der Waals surface area contributed by atoms with Crippen molar-refractivity contribution in [2.24, 2.45) is 0 Å². The molecule has 4 heteroatoms. The van der Waals surface area contributed by atoms with Crippen molar-refractivity contribution in [3.05, 3.63) is 30.1 Å².